The molecule has 1 saturated heterocycles. The second-order valence-electron chi connectivity index (χ2n) is 7.79. The topological polar surface area (TPSA) is 88.7 Å². The van der Waals surface area contributed by atoms with Gasteiger partial charge in [-0.25, -0.2) is 9.59 Å². The molecule has 8 heteroatoms. The van der Waals surface area contributed by atoms with E-state index in [4.69, 9.17) is 11.6 Å². The minimum absolute atomic E-state index is 0.352. The van der Waals surface area contributed by atoms with E-state index in [1.165, 1.54) is 0 Å². The van der Waals surface area contributed by atoms with Crippen molar-refractivity contribution in [3.63, 3.8) is 0 Å². The van der Waals surface area contributed by atoms with Gasteiger partial charge >= 0.3 is 12.0 Å². The number of carboxylic acids is 1. The number of H-pyrrole nitrogens is 1. The van der Waals surface area contributed by atoms with E-state index >= 15 is 0 Å². The van der Waals surface area contributed by atoms with E-state index in [1.807, 2.05) is 61.7 Å². The number of rotatable bonds is 5. The Bertz CT molecular complexity index is 1070. The van der Waals surface area contributed by atoms with Gasteiger partial charge in [0, 0.05) is 59.9 Å². The maximum absolute atomic E-state index is 12.8. The highest BCUT2D eigenvalue weighted by Gasteiger charge is 2.31. The van der Waals surface area contributed by atoms with Crippen LogP contribution in [0.15, 0.2) is 54.7 Å². The van der Waals surface area contributed by atoms with Crippen LogP contribution in [0.1, 0.15) is 18.4 Å². The third-order valence-corrected chi connectivity index (χ3v) is 6.17. The third kappa shape index (κ3) is 4.46. The lowest BCUT2D eigenvalue weighted by Gasteiger charge is -2.37. The largest absolute Gasteiger partial charge is 0.480 e. The van der Waals surface area contributed by atoms with Crippen LogP contribution >= 0.6 is 11.6 Å². The van der Waals surface area contributed by atoms with Crippen molar-refractivity contribution in [2.45, 2.75) is 18.9 Å². The van der Waals surface area contributed by atoms with Crippen LogP contribution in [-0.2, 0) is 4.79 Å². The third-order valence-electron chi connectivity index (χ3n) is 5.92. The lowest BCUT2D eigenvalue weighted by Crippen LogP contribution is -2.55. The number of piperazine rings is 1. The normalized spacial score (nSPS) is 16.2. The van der Waals surface area contributed by atoms with Gasteiger partial charge in [0.2, 0.25) is 0 Å². The first-order valence-corrected chi connectivity index (χ1v) is 10.7. The predicted octanol–water partition coefficient (Wildman–Crippen LogP) is 3.91. The number of aromatic amines is 1. The van der Waals surface area contributed by atoms with Crippen molar-refractivity contribution in [1.82, 2.24) is 15.2 Å². The molecule has 162 valence electrons. The molecule has 0 aliphatic carbocycles. The number of aliphatic carboxylic acids is 1. The SMILES string of the molecule is C[C@@H](c1c[nH]c2ccccc12)[C@@H](NC(=O)N1CCN(c2ccc(Cl)cc2)CC1)C(=O)O. The number of aromatic nitrogens is 1. The van der Waals surface area contributed by atoms with Gasteiger partial charge in [-0.2, -0.15) is 0 Å². The molecule has 0 unspecified atom stereocenters. The number of urea groups is 1. The van der Waals surface area contributed by atoms with Gasteiger partial charge in [0.05, 0.1) is 0 Å². The summed E-state index contributed by atoms with van der Waals surface area (Å²) in [7, 11) is 0. The summed E-state index contributed by atoms with van der Waals surface area (Å²) in [4.78, 5) is 31.9. The number of hydrogen-bond acceptors (Lipinski definition) is 3. The highest BCUT2D eigenvalue weighted by molar-refractivity contribution is 6.30. The van der Waals surface area contributed by atoms with Crippen LogP contribution < -0.4 is 10.2 Å². The molecule has 3 N–H and O–H groups in total. The Morgan fingerprint density at radius 3 is 2.42 bits per heavy atom. The zero-order valence-electron chi connectivity index (χ0n) is 17.2. The Labute approximate surface area is 185 Å². The van der Waals surface area contributed by atoms with Crippen LogP contribution in [0.3, 0.4) is 0 Å². The van der Waals surface area contributed by atoms with Gasteiger partial charge in [-0.15, -0.1) is 0 Å². The van der Waals surface area contributed by atoms with Crippen LogP contribution in [-0.4, -0.2) is 59.2 Å². The monoisotopic (exact) mass is 440 g/mol. The minimum atomic E-state index is -1.05. The van der Waals surface area contributed by atoms with Crippen LogP contribution in [0.5, 0.6) is 0 Å². The van der Waals surface area contributed by atoms with Crippen LogP contribution in [0.2, 0.25) is 5.02 Å². The molecule has 7 nitrogen and oxygen atoms in total. The number of carbonyl (C=O) groups is 2. The molecule has 1 aliphatic heterocycles. The number of halogens is 1. The number of carboxylic acid groups (broad SMARTS) is 1. The number of nitrogens with zero attached hydrogens (tertiary/aromatic N) is 2. The van der Waals surface area contributed by atoms with Crippen molar-refractivity contribution in [3.05, 3.63) is 65.3 Å². The number of para-hydroxylation sites is 1. The zero-order valence-corrected chi connectivity index (χ0v) is 18.0. The molecule has 31 heavy (non-hydrogen) atoms. The number of amides is 2. The average Bonchev–Trinajstić information content (AvgIpc) is 3.21. The molecular formula is C23H25ClN4O3. The zero-order chi connectivity index (χ0) is 22.0. The summed E-state index contributed by atoms with van der Waals surface area (Å²) in [6.07, 6.45) is 1.82. The summed E-state index contributed by atoms with van der Waals surface area (Å²) >= 11 is 5.95. The van der Waals surface area contributed by atoms with Crippen LogP contribution in [0.4, 0.5) is 10.5 Å². The summed E-state index contributed by atoms with van der Waals surface area (Å²) in [5.41, 5.74) is 2.87. The van der Waals surface area contributed by atoms with Crippen molar-refractivity contribution >= 4 is 40.2 Å². The molecule has 0 radical (unpaired) electrons. The first kappa shape index (κ1) is 21.1. The Hall–Kier alpha value is -3.19. The number of benzene rings is 2. The van der Waals surface area contributed by atoms with Crippen LogP contribution in [0, 0.1) is 0 Å². The molecule has 1 aliphatic rings. The van der Waals surface area contributed by atoms with Crippen molar-refractivity contribution in [3.8, 4) is 0 Å². The number of nitrogens with one attached hydrogen (secondary N) is 2. The second-order valence-corrected chi connectivity index (χ2v) is 8.23. The Morgan fingerprint density at radius 1 is 1.06 bits per heavy atom. The molecule has 2 atom stereocenters. The maximum Gasteiger partial charge on any atom is 0.326 e. The quantitative estimate of drug-likeness (QED) is 0.561. The fourth-order valence-corrected chi connectivity index (χ4v) is 4.22. The molecule has 4 rings (SSSR count). The Balaban J connectivity index is 1.41. The smallest absolute Gasteiger partial charge is 0.326 e. The van der Waals surface area contributed by atoms with Crippen molar-refractivity contribution in [2.24, 2.45) is 0 Å². The first-order valence-electron chi connectivity index (χ1n) is 10.3. The molecule has 0 spiro atoms. The summed E-state index contributed by atoms with van der Waals surface area (Å²) < 4.78 is 0. The maximum atomic E-state index is 12.8. The van der Waals surface area contributed by atoms with E-state index in [1.54, 1.807) is 4.90 Å². The summed E-state index contributed by atoms with van der Waals surface area (Å²) in [5.74, 6) is -1.45. The number of fused-ring (bicyclic) bond motifs is 1. The highest BCUT2D eigenvalue weighted by Crippen LogP contribution is 2.28. The minimum Gasteiger partial charge on any atom is -0.480 e. The molecule has 1 fully saturated rings. The van der Waals surface area contributed by atoms with E-state index in [-0.39, 0.29) is 6.03 Å². The van der Waals surface area contributed by atoms with E-state index in [2.05, 4.69) is 15.2 Å². The summed E-state index contributed by atoms with van der Waals surface area (Å²) in [5, 5.41) is 14.2. The Morgan fingerprint density at radius 2 is 1.74 bits per heavy atom. The fraction of sp³-hybridized carbons (Fsp3) is 0.304. The van der Waals surface area contributed by atoms with E-state index < -0.39 is 17.9 Å². The molecule has 2 aromatic carbocycles. The van der Waals surface area contributed by atoms with Crippen molar-refractivity contribution in [1.29, 1.82) is 0 Å². The number of anilines is 1. The average molecular weight is 441 g/mol. The number of hydrogen-bond donors (Lipinski definition) is 3. The summed E-state index contributed by atoms with van der Waals surface area (Å²) in [6, 6.07) is 14.0. The van der Waals surface area contributed by atoms with Gasteiger partial charge in [0.1, 0.15) is 6.04 Å². The molecule has 0 bridgehead atoms. The van der Waals surface area contributed by atoms with E-state index in [0.717, 1.165) is 22.2 Å². The van der Waals surface area contributed by atoms with E-state index in [9.17, 15) is 14.7 Å². The van der Waals surface area contributed by atoms with Crippen molar-refractivity contribution < 1.29 is 14.7 Å². The Kier molecular flexibility index (Phi) is 6.04. The summed E-state index contributed by atoms with van der Waals surface area (Å²) in [6.45, 7) is 4.20. The molecule has 1 aromatic heterocycles. The van der Waals surface area contributed by atoms with Gasteiger partial charge in [-0.3, -0.25) is 0 Å². The van der Waals surface area contributed by atoms with Gasteiger partial charge in [0.25, 0.3) is 0 Å². The van der Waals surface area contributed by atoms with Gasteiger partial charge in [0.15, 0.2) is 0 Å². The number of carbonyl (C=O) groups excluding carboxylic acids is 1. The fourth-order valence-electron chi connectivity index (χ4n) is 4.09. The molecule has 0 saturated carbocycles. The lowest BCUT2D eigenvalue weighted by molar-refractivity contribution is -0.139. The van der Waals surface area contributed by atoms with E-state index in [0.29, 0.717) is 31.2 Å². The van der Waals surface area contributed by atoms with Crippen LogP contribution in [0.25, 0.3) is 10.9 Å². The predicted molar refractivity (Wildman–Crippen MR) is 122 cm³/mol. The molecular weight excluding hydrogens is 416 g/mol. The lowest BCUT2D eigenvalue weighted by atomic mass is 9.93. The van der Waals surface area contributed by atoms with Gasteiger partial charge < -0.3 is 25.2 Å². The second kappa shape index (κ2) is 8.89. The van der Waals surface area contributed by atoms with Gasteiger partial charge in [-0.1, -0.05) is 36.7 Å². The van der Waals surface area contributed by atoms with Gasteiger partial charge in [-0.05, 0) is 35.9 Å². The molecule has 3 aromatic rings. The highest BCUT2D eigenvalue weighted by atomic mass is 35.5. The standard InChI is InChI=1S/C23H25ClN4O3/c1-15(19-14-25-20-5-3-2-4-18(19)20)21(22(29)30)26-23(31)28-12-10-27(11-13-28)17-8-6-16(24)7-9-17/h2-9,14-15,21,25H,10-13H2,1H3,(H,26,31)(H,29,30)/t15-,21+/m0/s1. The molecule has 2 heterocycles. The van der Waals surface area contributed by atoms with Crippen molar-refractivity contribution in [2.75, 3.05) is 31.1 Å². The molecule has 2 amide bonds. The first-order chi connectivity index (χ1) is 14.9.